The predicted octanol–water partition coefficient (Wildman–Crippen LogP) is 2.53. The molecule has 0 amide bonds. The maximum absolute atomic E-state index is 5.58. The van der Waals surface area contributed by atoms with Gasteiger partial charge in [0.15, 0.2) is 0 Å². The van der Waals surface area contributed by atoms with Crippen LogP contribution in [-0.4, -0.2) is 24.3 Å². The molecule has 0 radical (unpaired) electrons. The van der Waals surface area contributed by atoms with Crippen molar-refractivity contribution in [2.45, 2.75) is 6.10 Å². The number of pyridine rings is 1. The molecule has 86 valence electrons. The van der Waals surface area contributed by atoms with Crippen LogP contribution in [0.2, 0.25) is 0 Å². The molecule has 0 N–H and O–H groups in total. The van der Waals surface area contributed by atoms with E-state index in [2.05, 4.69) is 4.98 Å². The van der Waals surface area contributed by atoms with Crippen molar-refractivity contribution in [1.29, 1.82) is 0 Å². The first-order valence-electron chi connectivity index (χ1n) is 5.68. The van der Waals surface area contributed by atoms with Crippen LogP contribution in [-0.2, 0) is 4.74 Å². The monoisotopic (exact) mass is 227 g/mol. The highest BCUT2D eigenvalue weighted by Gasteiger charge is 2.22. The van der Waals surface area contributed by atoms with Gasteiger partial charge in [-0.05, 0) is 36.4 Å². The van der Waals surface area contributed by atoms with Gasteiger partial charge in [0.05, 0.1) is 12.3 Å². The third kappa shape index (κ3) is 2.63. The first-order chi connectivity index (χ1) is 8.42. The molecular formula is C14H13NO2. The molecule has 0 bridgehead atoms. The summed E-state index contributed by atoms with van der Waals surface area (Å²) in [6.45, 7) is 1.47. The normalized spacial score (nSPS) is 17.8. The molecule has 2 aromatic rings. The van der Waals surface area contributed by atoms with E-state index in [1.54, 1.807) is 6.20 Å². The molecule has 0 saturated carbocycles. The molecule has 1 fully saturated rings. The van der Waals surface area contributed by atoms with E-state index in [0.717, 1.165) is 23.6 Å². The second-order valence-electron chi connectivity index (χ2n) is 4.01. The fourth-order valence-corrected chi connectivity index (χ4v) is 1.61. The summed E-state index contributed by atoms with van der Waals surface area (Å²) in [7, 11) is 0. The molecule has 1 unspecified atom stereocenters. The summed E-state index contributed by atoms with van der Waals surface area (Å²) in [5.41, 5.74) is 2.07. The Kier molecular flexibility index (Phi) is 2.76. The molecule has 3 nitrogen and oxygen atoms in total. The summed E-state index contributed by atoms with van der Waals surface area (Å²) in [5.74, 6) is 0.875. The lowest BCUT2D eigenvalue weighted by atomic mass is 10.1. The second-order valence-corrected chi connectivity index (χ2v) is 4.01. The van der Waals surface area contributed by atoms with Gasteiger partial charge in [0, 0.05) is 11.8 Å². The quantitative estimate of drug-likeness (QED) is 0.753. The maximum atomic E-state index is 5.58. The molecule has 1 atom stereocenters. The summed E-state index contributed by atoms with van der Waals surface area (Å²) in [5, 5.41) is 0. The minimum atomic E-state index is 0.297. The van der Waals surface area contributed by atoms with Crippen molar-refractivity contribution < 1.29 is 9.47 Å². The summed E-state index contributed by atoms with van der Waals surface area (Å²) in [6.07, 6.45) is 2.09. The maximum Gasteiger partial charge on any atom is 0.119 e. The van der Waals surface area contributed by atoms with Gasteiger partial charge in [-0.1, -0.05) is 6.07 Å². The molecule has 3 rings (SSSR count). The molecule has 1 saturated heterocycles. The molecule has 1 aliphatic rings. The lowest BCUT2D eigenvalue weighted by molar-refractivity contribution is 0.263. The molecule has 1 aromatic heterocycles. The largest absolute Gasteiger partial charge is 0.491 e. The van der Waals surface area contributed by atoms with Crippen LogP contribution in [0.3, 0.4) is 0 Å². The lowest BCUT2D eigenvalue weighted by Gasteiger charge is -2.05. The van der Waals surface area contributed by atoms with Crippen molar-refractivity contribution in [2.75, 3.05) is 13.2 Å². The zero-order valence-electron chi connectivity index (χ0n) is 9.37. The number of epoxide rings is 1. The van der Waals surface area contributed by atoms with Crippen LogP contribution >= 0.6 is 0 Å². The summed E-state index contributed by atoms with van der Waals surface area (Å²) in [4.78, 5) is 4.30. The third-order valence-electron chi connectivity index (χ3n) is 2.65. The summed E-state index contributed by atoms with van der Waals surface area (Å²) >= 11 is 0. The number of nitrogens with zero attached hydrogens (tertiary/aromatic N) is 1. The zero-order chi connectivity index (χ0) is 11.5. The molecule has 2 heterocycles. The van der Waals surface area contributed by atoms with Gasteiger partial charge in [0.1, 0.15) is 18.5 Å². The highest BCUT2D eigenvalue weighted by atomic mass is 16.6. The highest BCUT2D eigenvalue weighted by Crippen LogP contribution is 2.21. The van der Waals surface area contributed by atoms with Gasteiger partial charge < -0.3 is 9.47 Å². The molecule has 17 heavy (non-hydrogen) atoms. The number of ether oxygens (including phenoxy) is 2. The molecule has 1 aliphatic heterocycles. The summed E-state index contributed by atoms with van der Waals surface area (Å²) in [6, 6.07) is 13.9. The van der Waals surface area contributed by atoms with Crippen molar-refractivity contribution in [2.24, 2.45) is 0 Å². The number of hydrogen-bond acceptors (Lipinski definition) is 3. The molecule has 1 aromatic carbocycles. The first kappa shape index (κ1) is 10.3. The van der Waals surface area contributed by atoms with Crippen LogP contribution < -0.4 is 4.74 Å². The molecular weight excluding hydrogens is 214 g/mol. The Labute approximate surface area is 100 Å². The Hall–Kier alpha value is -1.87. The van der Waals surface area contributed by atoms with Crippen LogP contribution in [0.1, 0.15) is 0 Å². The number of aromatic nitrogens is 1. The van der Waals surface area contributed by atoms with Gasteiger partial charge in [-0.3, -0.25) is 4.98 Å². The molecule has 0 aliphatic carbocycles. The minimum Gasteiger partial charge on any atom is -0.491 e. The fourth-order valence-electron chi connectivity index (χ4n) is 1.61. The van der Waals surface area contributed by atoms with E-state index < -0.39 is 0 Å². The van der Waals surface area contributed by atoms with E-state index in [4.69, 9.17) is 9.47 Å². The smallest absolute Gasteiger partial charge is 0.119 e. The summed E-state index contributed by atoms with van der Waals surface area (Å²) < 4.78 is 10.7. The minimum absolute atomic E-state index is 0.297. The van der Waals surface area contributed by atoms with E-state index >= 15 is 0 Å². The van der Waals surface area contributed by atoms with Gasteiger partial charge in [0.25, 0.3) is 0 Å². The molecule has 3 heteroatoms. The van der Waals surface area contributed by atoms with Gasteiger partial charge in [-0.15, -0.1) is 0 Å². The average Bonchev–Trinajstić information content (AvgIpc) is 3.22. The van der Waals surface area contributed by atoms with Gasteiger partial charge >= 0.3 is 0 Å². The Morgan fingerprint density at radius 2 is 2.00 bits per heavy atom. The van der Waals surface area contributed by atoms with E-state index in [1.165, 1.54) is 0 Å². The SMILES string of the molecule is c1ccc(-c2ccc(OCC3CO3)cc2)nc1. The Balaban J connectivity index is 1.70. The van der Waals surface area contributed by atoms with Crippen molar-refractivity contribution in [3.05, 3.63) is 48.7 Å². The van der Waals surface area contributed by atoms with E-state index in [9.17, 15) is 0 Å². The van der Waals surface area contributed by atoms with Crippen molar-refractivity contribution in [1.82, 2.24) is 4.98 Å². The van der Waals surface area contributed by atoms with Crippen molar-refractivity contribution in [3.8, 4) is 17.0 Å². The van der Waals surface area contributed by atoms with Crippen LogP contribution in [0.15, 0.2) is 48.7 Å². The van der Waals surface area contributed by atoms with E-state index in [1.807, 2.05) is 42.5 Å². The van der Waals surface area contributed by atoms with Gasteiger partial charge in [0.2, 0.25) is 0 Å². The van der Waals surface area contributed by atoms with Crippen molar-refractivity contribution in [3.63, 3.8) is 0 Å². The van der Waals surface area contributed by atoms with Gasteiger partial charge in [-0.25, -0.2) is 0 Å². The van der Waals surface area contributed by atoms with Crippen LogP contribution in [0, 0.1) is 0 Å². The highest BCUT2D eigenvalue weighted by molar-refractivity contribution is 5.59. The fraction of sp³-hybridized carbons (Fsp3) is 0.214. The third-order valence-corrected chi connectivity index (χ3v) is 2.65. The standard InChI is InChI=1S/C14H13NO2/c1-2-8-15-14(3-1)11-4-6-12(7-5-11)16-9-13-10-17-13/h1-8,13H,9-10H2. The van der Waals surface area contributed by atoms with Crippen LogP contribution in [0.4, 0.5) is 0 Å². The van der Waals surface area contributed by atoms with Crippen LogP contribution in [0.5, 0.6) is 5.75 Å². The molecule has 0 spiro atoms. The van der Waals surface area contributed by atoms with Gasteiger partial charge in [-0.2, -0.15) is 0 Å². The lowest BCUT2D eigenvalue weighted by Crippen LogP contribution is -2.03. The first-order valence-corrected chi connectivity index (χ1v) is 5.68. The van der Waals surface area contributed by atoms with E-state index in [-0.39, 0.29) is 0 Å². The Bertz CT molecular complexity index is 477. The second kappa shape index (κ2) is 4.55. The van der Waals surface area contributed by atoms with Crippen LogP contribution in [0.25, 0.3) is 11.3 Å². The van der Waals surface area contributed by atoms with Crippen molar-refractivity contribution >= 4 is 0 Å². The Morgan fingerprint density at radius 3 is 2.65 bits per heavy atom. The number of rotatable bonds is 4. The zero-order valence-corrected chi connectivity index (χ0v) is 9.37. The topological polar surface area (TPSA) is 34.6 Å². The average molecular weight is 227 g/mol. The number of benzene rings is 1. The van der Waals surface area contributed by atoms with E-state index in [0.29, 0.717) is 12.7 Å². The Morgan fingerprint density at radius 1 is 1.18 bits per heavy atom. The number of hydrogen-bond donors (Lipinski definition) is 0. The predicted molar refractivity (Wildman–Crippen MR) is 64.9 cm³/mol.